The average molecular weight is 264 g/mol. The summed E-state index contributed by atoms with van der Waals surface area (Å²) in [5.74, 6) is 0. The van der Waals surface area contributed by atoms with Crippen LogP contribution >= 0.6 is 11.3 Å². The summed E-state index contributed by atoms with van der Waals surface area (Å²) in [6, 6.07) is 0.835. The third-order valence-corrected chi connectivity index (χ3v) is 5.42. The van der Waals surface area contributed by atoms with Gasteiger partial charge in [0, 0.05) is 30.1 Å². The minimum absolute atomic E-state index is 0.505. The molecule has 0 unspecified atom stereocenters. The predicted molar refractivity (Wildman–Crippen MR) is 77.1 cm³/mol. The fraction of sp³-hybridized carbons (Fsp3) is 0.800. The lowest BCUT2D eigenvalue weighted by Crippen LogP contribution is -2.38. The number of aromatic nitrogens is 1. The molecule has 2 aliphatic rings. The Hall–Kier alpha value is -0.410. The molecule has 3 heteroatoms. The van der Waals surface area contributed by atoms with E-state index in [9.17, 15) is 0 Å². The molecule has 1 aromatic rings. The van der Waals surface area contributed by atoms with Gasteiger partial charge >= 0.3 is 0 Å². The molecule has 0 atom stereocenters. The Kier molecular flexibility index (Phi) is 3.71. The third-order valence-electron chi connectivity index (χ3n) is 4.45. The van der Waals surface area contributed by atoms with Gasteiger partial charge in [0.15, 0.2) is 0 Å². The van der Waals surface area contributed by atoms with E-state index in [1.54, 1.807) is 0 Å². The third kappa shape index (κ3) is 3.12. The molecule has 2 fully saturated rings. The molecular weight excluding hydrogens is 240 g/mol. The van der Waals surface area contributed by atoms with Crippen LogP contribution in [-0.2, 0) is 6.42 Å². The Balaban J connectivity index is 1.66. The summed E-state index contributed by atoms with van der Waals surface area (Å²) in [5, 5.41) is 7.32. The zero-order valence-electron chi connectivity index (χ0n) is 11.4. The van der Waals surface area contributed by atoms with Gasteiger partial charge in [-0.25, -0.2) is 4.98 Å². The van der Waals surface area contributed by atoms with E-state index in [2.05, 4.69) is 22.6 Å². The number of hydrogen-bond acceptors (Lipinski definition) is 3. The van der Waals surface area contributed by atoms with E-state index >= 15 is 0 Å². The second-order valence-corrected chi connectivity index (χ2v) is 7.22. The highest BCUT2D eigenvalue weighted by molar-refractivity contribution is 7.09. The standard InChI is InChI=1S/C15H24N2S/c1-12-10-18-14(17-12)9-15(7-3-2-4-8-15)11-16-13-5-6-13/h10,13,16H,2-9,11H2,1H3. The zero-order chi connectivity index (χ0) is 12.4. The van der Waals surface area contributed by atoms with E-state index in [-0.39, 0.29) is 0 Å². The van der Waals surface area contributed by atoms with Gasteiger partial charge in [-0.1, -0.05) is 19.3 Å². The van der Waals surface area contributed by atoms with Crippen molar-refractivity contribution in [1.29, 1.82) is 0 Å². The summed E-state index contributed by atoms with van der Waals surface area (Å²) >= 11 is 1.85. The first-order chi connectivity index (χ1) is 8.76. The number of nitrogens with zero attached hydrogens (tertiary/aromatic N) is 1. The van der Waals surface area contributed by atoms with Gasteiger partial charge in [-0.2, -0.15) is 0 Å². The predicted octanol–water partition coefficient (Wildman–Crippen LogP) is 3.70. The van der Waals surface area contributed by atoms with E-state index in [0.717, 1.165) is 6.04 Å². The van der Waals surface area contributed by atoms with Gasteiger partial charge in [0.05, 0.1) is 5.01 Å². The van der Waals surface area contributed by atoms with E-state index in [4.69, 9.17) is 0 Å². The molecule has 0 radical (unpaired) electrons. The average Bonchev–Trinajstić information content (AvgIpc) is 3.12. The van der Waals surface area contributed by atoms with Crippen LogP contribution in [0.25, 0.3) is 0 Å². The highest BCUT2D eigenvalue weighted by Gasteiger charge is 2.34. The number of aryl methyl sites for hydroxylation is 1. The number of hydrogen-bond donors (Lipinski definition) is 1. The molecule has 0 bridgehead atoms. The molecule has 1 N–H and O–H groups in total. The fourth-order valence-corrected chi connectivity index (χ4v) is 4.12. The van der Waals surface area contributed by atoms with Crippen LogP contribution in [-0.4, -0.2) is 17.6 Å². The summed E-state index contributed by atoms with van der Waals surface area (Å²) in [4.78, 5) is 4.68. The number of nitrogens with one attached hydrogen (secondary N) is 1. The minimum Gasteiger partial charge on any atom is -0.313 e. The van der Waals surface area contributed by atoms with E-state index in [1.807, 2.05) is 11.3 Å². The van der Waals surface area contributed by atoms with Crippen LogP contribution in [0.1, 0.15) is 55.6 Å². The Labute approximate surface area is 114 Å². The largest absolute Gasteiger partial charge is 0.313 e. The van der Waals surface area contributed by atoms with Crippen LogP contribution in [0.15, 0.2) is 5.38 Å². The maximum absolute atomic E-state index is 4.68. The van der Waals surface area contributed by atoms with Gasteiger partial charge in [0.25, 0.3) is 0 Å². The Morgan fingerprint density at radius 1 is 1.33 bits per heavy atom. The minimum atomic E-state index is 0.505. The molecular formula is C15H24N2S. The lowest BCUT2D eigenvalue weighted by atomic mass is 9.72. The van der Waals surface area contributed by atoms with Gasteiger partial charge in [0.1, 0.15) is 0 Å². The Morgan fingerprint density at radius 3 is 2.72 bits per heavy atom. The molecule has 3 rings (SSSR count). The summed E-state index contributed by atoms with van der Waals surface area (Å²) in [6.07, 6.45) is 11.0. The van der Waals surface area contributed by atoms with Crippen molar-refractivity contribution in [2.45, 2.75) is 64.3 Å². The topological polar surface area (TPSA) is 24.9 Å². The van der Waals surface area contributed by atoms with E-state index < -0.39 is 0 Å². The number of rotatable bonds is 5. The molecule has 0 aromatic carbocycles. The molecule has 0 aliphatic heterocycles. The summed E-state index contributed by atoms with van der Waals surface area (Å²) < 4.78 is 0. The monoisotopic (exact) mass is 264 g/mol. The molecule has 0 amide bonds. The highest BCUT2D eigenvalue weighted by Crippen LogP contribution is 2.40. The second kappa shape index (κ2) is 5.30. The van der Waals surface area contributed by atoms with Crippen LogP contribution in [0.5, 0.6) is 0 Å². The molecule has 18 heavy (non-hydrogen) atoms. The molecule has 2 saturated carbocycles. The van der Waals surface area contributed by atoms with Crippen molar-refractivity contribution >= 4 is 11.3 Å². The zero-order valence-corrected chi connectivity index (χ0v) is 12.2. The van der Waals surface area contributed by atoms with Crippen LogP contribution in [0.2, 0.25) is 0 Å². The van der Waals surface area contributed by atoms with Crippen molar-refractivity contribution in [2.24, 2.45) is 5.41 Å². The lowest BCUT2D eigenvalue weighted by molar-refractivity contribution is 0.180. The molecule has 100 valence electrons. The maximum atomic E-state index is 4.68. The molecule has 0 spiro atoms. The van der Waals surface area contributed by atoms with Crippen molar-refractivity contribution in [2.75, 3.05) is 6.54 Å². The molecule has 1 heterocycles. The smallest absolute Gasteiger partial charge is 0.0934 e. The first-order valence-electron chi connectivity index (χ1n) is 7.40. The molecule has 1 aromatic heterocycles. The fourth-order valence-electron chi connectivity index (χ4n) is 3.17. The molecule has 2 nitrogen and oxygen atoms in total. The van der Waals surface area contributed by atoms with Crippen LogP contribution < -0.4 is 5.32 Å². The maximum Gasteiger partial charge on any atom is 0.0934 e. The summed E-state index contributed by atoms with van der Waals surface area (Å²) in [7, 11) is 0. The van der Waals surface area contributed by atoms with Crippen LogP contribution in [0.4, 0.5) is 0 Å². The summed E-state index contributed by atoms with van der Waals surface area (Å²) in [5.41, 5.74) is 1.70. The Bertz CT molecular complexity index is 389. The van der Waals surface area contributed by atoms with Crippen LogP contribution in [0, 0.1) is 12.3 Å². The van der Waals surface area contributed by atoms with Crippen molar-refractivity contribution in [3.8, 4) is 0 Å². The van der Waals surface area contributed by atoms with Crippen molar-refractivity contribution < 1.29 is 0 Å². The van der Waals surface area contributed by atoms with Crippen molar-refractivity contribution in [1.82, 2.24) is 10.3 Å². The first kappa shape index (κ1) is 12.6. The molecule has 2 aliphatic carbocycles. The first-order valence-corrected chi connectivity index (χ1v) is 8.28. The SMILES string of the molecule is Cc1csc(CC2(CNC3CC3)CCCCC2)n1. The second-order valence-electron chi connectivity index (χ2n) is 6.28. The summed E-state index contributed by atoms with van der Waals surface area (Å²) in [6.45, 7) is 3.33. The van der Waals surface area contributed by atoms with Crippen molar-refractivity contribution in [3.63, 3.8) is 0 Å². The quantitative estimate of drug-likeness (QED) is 0.877. The van der Waals surface area contributed by atoms with Gasteiger partial charge in [0.2, 0.25) is 0 Å². The van der Waals surface area contributed by atoms with E-state index in [1.165, 1.54) is 68.6 Å². The van der Waals surface area contributed by atoms with Crippen molar-refractivity contribution in [3.05, 3.63) is 16.1 Å². The van der Waals surface area contributed by atoms with E-state index in [0.29, 0.717) is 5.41 Å². The highest BCUT2D eigenvalue weighted by atomic mass is 32.1. The van der Waals surface area contributed by atoms with Gasteiger partial charge in [-0.15, -0.1) is 11.3 Å². The van der Waals surface area contributed by atoms with Gasteiger partial charge in [-0.3, -0.25) is 0 Å². The van der Waals surface area contributed by atoms with Gasteiger partial charge in [-0.05, 0) is 38.0 Å². The Morgan fingerprint density at radius 2 is 2.11 bits per heavy atom. The number of thiazole rings is 1. The lowest BCUT2D eigenvalue weighted by Gasteiger charge is -2.37. The van der Waals surface area contributed by atoms with Crippen LogP contribution in [0.3, 0.4) is 0 Å². The molecule has 0 saturated heterocycles. The normalized spacial score (nSPS) is 23.2. The van der Waals surface area contributed by atoms with Gasteiger partial charge < -0.3 is 5.32 Å².